The molecule has 2 aliphatic rings. The minimum absolute atomic E-state index is 0.134. The van der Waals surface area contributed by atoms with Crippen molar-refractivity contribution in [3.05, 3.63) is 70.7 Å². The van der Waals surface area contributed by atoms with Gasteiger partial charge < -0.3 is 15.1 Å². The Morgan fingerprint density at radius 2 is 1.61 bits per heavy atom. The van der Waals surface area contributed by atoms with Gasteiger partial charge in [-0.3, -0.25) is 14.4 Å². The van der Waals surface area contributed by atoms with Crippen LogP contribution in [0.3, 0.4) is 0 Å². The normalized spacial score (nSPS) is 20.7. The van der Waals surface area contributed by atoms with E-state index in [1.165, 1.54) is 0 Å². The first kappa shape index (κ1) is 21.4. The van der Waals surface area contributed by atoms with Crippen molar-refractivity contribution < 1.29 is 14.4 Å². The zero-order valence-electron chi connectivity index (χ0n) is 17.3. The average Bonchev–Trinajstić information content (AvgIpc) is 3.47. The van der Waals surface area contributed by atoms with Crippen molar-refractivity contribution in [2.75, 3.05) is 13.1 Å². The number of benzene rings is 2. The van der Waals surface area contributed by atoms with Crippen LogP contribution in [0.2, 0.25) is 5.02 Å². The third-order valence-corrected chi connectivity index (χ3v) is 6.25. The van der Waals surface area contributed by atoms with Gasteiger partial charge in [-0.25, -0.2) is 0 Å². The molecule has 1 N–H and O–H groups in total. The van der Waals surface area contributed by atoms with Gasteiger partial charge in [0.15, 0.2) is 0 Å². The van der Waals surface area contributed by atoms with Crippen molar-refractivity contribution in [1.29, 1.82) is 0 Å². The minimum Gasteiger partial charge on any atom is -0.350 e. The first-order chi connectivity index (χ1) is 15.0. The third-order valence-electron chi connectivity index (χ3n) is 6.02. The fraction of sp³-hybridized carbons (Fsp3) is 0.375. The van der Waals surface area contributed by atoms with E-state index in [-0.39, 0.29) is 17.7 Å². The maximum Gasteiger partial charge on any atom is 0.254 e. The van der Waals surface area contributed by atoms with Crippen LogP contribution in [0.25, 0.3) is 0 Å². The van der Waals surface area contributed by atoms with E-state index < -0.39 is 12.1 Å². The third kappa shape index (κ3) is 4.74. The monoisotopic (exact) mass is 439 g/mol. The molecule has 0 radical (unpaired) electrons. The smallest absolute Gasteiger partial charge is 0.254 e. The number of likely N-dealkylation sites (tertiary alicyclic amines) is 2. The lowest BCUT2D eigenvalue weighted by molar-refractivity contribution is -0.141. The first-order valence-electron chi connectivity index (χ1n) is 10.7. The van der Waals surface area contributed by atoms with Crippen molar-refractivity contribution in [1.82, 2.24) is 15.1 Å². The summed E-state index contributed by atoms with van der Waals surface area (Å²) in [5.41, 5.74) is 1.49. The summed E-state index contributed by atoms with van der Waals surface area (Å²) >= 11 is 6.04. The maximum atomic E-state index is 13.4. The lowest BCUT2D eigenvalue weighted by Crippen LogP contribution is -2.52. The van der Waals surface area contributed by atoms with Gasteiger partial charge in [-0.15, -0.1) is 0 Å². The Morgan fingerprint density at radius 1 is 0.903 bits per heavy atom. The van der Waals surface area contributed by atoms with Crippen LogP contribution in [0.15, 0.2) is 54.6 Å². The quantitative estimate of drug-likeness (QED) is 0.777. The minimum atomic E-state index is -0.533. The number of hydrogen-bond donors (Lipinski definition) is 1. The van der Waals surface area contributed by atoms with Gasteiger partial charge in [0.2, 0.25) is 11.8 Å². The Labute approximate surface area is 187 Å². The topological polar surface area (TPSA) is 69.7 Å². The standard InChI is InChI=1S/C24H26ClN3O3/c25-19-10-4-9-18(15-19)23(30)28-14-6-12-21(28)24(31)27-13-5-11-20(27)22(29)26-16-17-7-2-1-3-8-17/h1-4,7-10,15,20-21H,5-6,11-14,16H2,(H,26,29)/t20-,21+/m0/s1. The van der Waals surface area contributed by atoms with Crippen molar-refractivity contribution in [2.45, 2.75) is 44.3 Å². The van der Waals surface area contributed by atoms with Crippen molar-refractivity contribution in [3.63, 3.8) is 0 Å². The lowest BCUT2D eigenvalue weighted by Gasteiger charge is -2.31. The molecule has 2 atom stereocenters. The molecule has 7 heteroatoms. The molecule has 2 saturated heterocycles. The van der Waals surface area contributed by atoms with E-state index in [0.717, 1.165) is 18.4 Å². The van der Waals surface area contributed by atoms with Crippen LogP contribution in [0.1, 0.15) is 41.6 Å². The van der Waals surface area contributed by atoms with E-state index in [9.17, 15) is 14.4 Å². The van der Waals surface area contributed by atoms with Gasteiger partial charge in [-0.2, -0.15) is 0 Å². The Balaban J connectivity index is 1.43. The molecular weight excluding hydrogens is 414 g/mol. The SMILES string of the molecule is O=C(NCc1ccccc1)[C@@H]1CCCN1C(=O)[C@H]1CCCN1C(=O)c1cccc(Cl)c1. The largest absolute Gasteiger partial charge is 0.350 e. The van der Waals surface area contributed by atoms with Crippen LogP contribution in [0.5, 0.6) is 0 Å². The first-order valence-corrected chi connectivity index (χ1v) is 11.1. The summed E-state index contributed by atoms with van der Waals surface area (Å²) in [5, 5.41) is 3.44. The van der Waals surface area contributed by atoms with Crippen LogP contribution >= 0.6 is 11.6 Å². The highest BCUT2D eigenvalue weighted by atomic mass is 35.5. The second-order valence-corrected chi connectivity index (χ2v) is 8.50. The lowest BCUT2D eigenvalue weighted by atomic mass is 10.1. The Morgan fingerprint density at radius 3 is 2.35 bits per heavy atom. The summed E-state index contributed by atoms with van der Waals surface area (Å²) < 4.78 is 0. The van der Waals surface area contributed by atoms with Crippen molar-refractivity contribution in [3.8, 4) is 0 Å². The van der Waals surface area contributed by atoms with E-state index in [0.29, 0.717) is 43.1 Å². The molecule has 3 amide bonds. The van der Waals surface area contributed by atoms with E-state index >= 15 is 0 Å². The fourth-order valence-corrected chi connectivity index (χ4v) is 4.64. The number of nitrogens with zero attached hydrogens (tertiary/aromatic N) is 2. The Kier molecular flexibility index (Phi) is 6.56. The van der Waals surface area contributed by atoms with Crippen LogP contribution in [-0.4, -0.2) is 52.7 Å². The van der Waals surface area contributed by atoms with E-state index in [1.54, 1.807) is 34.1 Å². The molecule has 0 saturated carbocycles. The second kappa shape index (κ2) is 9.52. The molecule has 2 aliphatic heterocycles. The zero-order chi connectivity index (χ0) is 21.8. The molecule has 2 aromatic carbocycles. The van der Waals surface area contributed by atoms with Gasteiger partial charge in [0, 0.05) is 30.2 Å². The molecule has 2 aromatic rings. The number of carbonyl (C=O) groups excluding carboxylic acids is 3. The predicted molar refractivity (Wildman–Crippen MR) is 119 cm³/mol. The molecule has 2 fully saturated rings. The van der Waals surface area contributed by atoms with Crippen molar-refractivity contribution >= 4 is 29.3 Å². The molecule has 6 nitrogen and oxygen atoms in total. The summed E-state index contributed by atoms with van der Waals surface area (Å²) in [4.78, 5) is 42.5. The van der Waals surface area contributed by atoms with Gasteiger partial charge in [0.25, 0.3) is 5.91 Å². The molecule has 0 bridgehead atoms. The molecule has 31 heavy (non-hydrogen) atoms. The number of carbonyl (C=O) groups is 3. The number of halogens is 1. The molecule has 0 unspecified atom stereocenters. The van der Waals surface area contributed by atoms with Gasteiger partial charge in [0.1, 0.15) is 12.1 Å². The van der Waals surface area contributed by atoms with Gasteiger partial charge in [-0.1, -0.05) is 48.0 Å². The van der Waals surface area contributed by atoms with Gasteiger partial charge in [0.05, 0.1) is 0 Å². The van der Waals surface area contributed by atoms with E-state index in [4.69, 9.17) is 11.6 Å². The number of amides is 3. The van der Waals surface area contributed by atoms with E-state index in [2.05, 4.69) is 5.32 Å². The summed E-state index contributed by atoms with van der Waals surface area (Å²) in [6, 6.07) is 15.5. The highest BCUT2D eigenvalue weighted by Crippen LogP contribution is 2.27. The van der Waals surface area contributed by atoms with Crippen LogP contribution < -0.4 is 5.32 Å². The summed E-state index contributed by atoms with van der Waals surface area (Å²) in [5.74, 6) is -0.465. The summed E-state index contributed by atoms with van der Waals surface area (Å²) in [6.45, 7) is 1.50. The predicted octanol–water partition coefficient (Wildman–Crippen LogP) is 3.25. The van der Waals surface area contributed by atoms with Crippen LogP contribution in [0.4, 0.5) is 0 Å². The van der Waals surface area contributed by atoms with Gasteiger partial charge >= 0.3 is 0 Å². The molecule has 0 aliphatic carbocycles. The zero-order valence-corrected chi connectivity index (χ0v) is 18.1. The molecule has 4 rings (SSSR count). The molecular formula is C24H26ClN3O3. The van der Waals surface area contributed by atoms with Crippen molar-refractivity contribution in [2.24, 2.45) is 0 Å². The number of nitrogens with one attached hydrogen (secondary N) is 1. The molecule has 2 heterocycles. The van der Waals surface area contributed by atoms with Crippen LogP contribution in [-0.2, 0) is 16.1 Å². The Bertz CT molecular complexity index is 966. The maximum absolute atomic E-state index is 13.4. The highest BCUT2D eigenvalue weighted by Gasteiger charge is 2.42. The van der Waals surface area contributed by atoms with Crippen LogP contribution in [0, 0.1) is 0 Å². The Hall–Kier alpha value is -2.86. The number of hydrogen-bond acceptors (Lipinski definition) is 3. The average molecular weight is 440 g/mol. The fourth-order valence-electron chi connectivity index (χ4n) is 4.45. The van der Waals surface area contributed by atoms with E-state index in [1.807, 2.05) is 30.3 Å². The molecule has 0 aromatic heterocycles. The summed E-state index contributed by atoms with van der Waals surface area (Å²) in [7, 11) is 0. The highest BCUT2D eigenvalue weighted by molar-refractivity contribution is 6.31. The van der Waals surface area contributed by atoms with Gasteiger partial charge in [-0.05, 0) is 49.4 Å². The second-order valence-electron chi connectivity index (χ2n) is 8.06. The molecule has 162 valence electrons. The summed E-state index contributed by atoms with van der Waals surface area (Å²) in [6.07, 6.45) is 2.80. The number of rotatable bonds is 5. The molecule has 0 spiro atoms.